The zero-order valence-corrected chi connectivity index (χ0v) is 13.4. The predicted molar refractivity (Wildman–Crippen MR) is 94.3 cm³/mol. The minimum atomic E-state index is -1.14. The highest BCUT2D eigenvalue weighted by Crippen LogP contribution is 2.15. The van der Waals surface area contributed by atoms with Crippen molar-refractivity contribution < 1.29 is 19.5 Å². The van der Waals surface area contributed by atoms with Crippen LogP contribution in [0.25, 0.3) is 0 Å². The van der Waals surface area contributed by atoms with Gasteiger partial charge in [-0.2, -0.15) is 5.26 Å². The number of benzene rings is 2. The van der Waals surface area contributed by atoms with Gasteiger partial charge in [0.1, 0.15) is 11.6 Å². The second-order valence-electron chi connectivity index (χ2n) is 5.06. The Balaban J connectivity index is 2.18. The largest absolute Gasteiger partial charge is 0.478 e. The van der Waals surface area contributed by atoms with Crippen molar-refractivity contribution in [2.75, 3.05) is 10.6 Å². The summed E-state index contributed by atoms with van der Waals surface area (Å²) >= 11 is 0. The van der Waals surface area contributed by atoms with E-state index in [0.717, 1.165) is 6.20 Å². The molecule has 0 saturated carbocycles. The van der Waals surface area contributed by atoms with Crippen molar-refractivity contribution in [3.63, 3.8) is 0 Å². The summed E-state index contributed by atoms with van der Waals surface area (Å²) < 4.78 is 0. The van der Waals surface area contributed by atoms with Gasteiger partial charge in [0, 0.05) is 11.9 Å². The van der Waals surface area contributed by atoms with Crippen LogP contribution in [0.15, 0.2) is 60.3 Å². The second kappa shape index (κ2) is 8.12. The van der Waals surface area contributed by atoms with Gasteiger partial charge < -0.3 is 21.5 Å². The number of primary amides is 1. The Hall–Kier alpha value is -4.12. The van der Waals surface area contributed by atoms with Gasteiger partial charge in [0.2, 0.25) is 0 Å². The highest BCUT2D eigenvalue weighted by Gasteiger charge is 2.12. The summed E-state index contributed by atoms with van der Waals surface area (Å²) in [5, 5.41) is 23.3. The molecular formula is C18H14N4O4. The van der Waals surface area contributed by atoms with Crippen LogP contribution in [0.1, 0.15) is 20.7 Å². The molecule has 26 heavy (non-hydrogen) atoms. The van der Waals surface area contributed by atoms with E-state index < -0.39 is 17.8 Å². The Morgan fingerprint density at radius 2 is 1.85 bits per heavy atom. The number of nitrogens with two attached hydrogens (primary N) is 1. The first-order valence-electron chi connectivity index (χ1n) is 7.32. The molecule has 2 aromatic carbocycles. The van der Waals surface area contributed by atoms with Gasteiger partial charge in [-0.3, -0.25) is 9.59 Å². The van der Waals surface area contributed by atoms with Crippen molar-refractivity contribution in [3.8, 4) is 6.07 Å². The molecule has 2 amide bonds. The van der Waals surface area contributed by atoms with Crippen LogP contribution >= 0.6 is 0 Å². The standard InChI is InChI=1S/C18H14N4O4/c19-9-12(10-21-15-7-2-1-6-14(15)16(20)23)17(24)22-13-5-3-4-11(8-13)18(25)26/h1-8,10,21H,(H2,20,23)(H,22,24)(H,25,26)/b12-10-. The lowest BCUT2D eigenvalue weighted by molar-refractivity contribution is -0.112. The number of nitriles is 1. The fourth-order valence-electron chi connectivity index (χ4n) is 2.05. The number of carbonyl (C=O) groups excluding carboxylic acids is 2. The van der Waals surface area contributed by atoms with Crippen molar-refractivity contribution in [1.29, 1.82) is 5.26 Å². The number of amides is 2. The monoisotopic (exact) mass is 350 g/mol. The van der Waals surface area contributed by atoms with E-state index in [9.17, 15) is 14.4 Å². The van der Waals surface area contributed by atoms with Crippen LogP contribution in [0, 0.1) is 11.3 Å². The molecule has 0 saturated heterocycles. The van der Waals surface area contributed by atoms with Crippen LogP contribution in [-0.2, 0) is 4.79 Å². The number of aromatic carboxylic acids is 1. The van der Waals surface area contributed by atoms with Gasteiger partial charge in [-0.15, -0.1) is 0 Å². The van der Waals surface area contributed by atoms with Crippen LogP contribution < -0.4 is 16.4 Å². The van der Waals surface area contributed by atoms with E-state index in [1.54, 1.807) is 24.3 Å². The van der Waals surface area contributed by atoms with Crippen LogP contribution in [0.5, 0.6) is 0 Å². The van der Waals surface area contributed by atoms with Gasteiger partial charge in [-0.05, 0) is 30.3 Å². The second-order valence-corrected chi connectivity index (χ2v) is 5.06. The zero-order valence-electron chi connectivity index (χ0n) is 13.4. The van der Waals surface area contributed by atoms with Crippen molar-refractivity contribution in [2.45, 2.75) is 0 Å². The van der Waals surface area contributed by atoms with E-state index in [4.69, 9.17) is 16.1 Å². The average Bonchev–Trinajstić information content (AvgIpc) is 2.62. The fourth-order valence-corrected chi connectivity index (χ4v) is 2.05. The van der Waals surface area contributed by atoms with Crippen molar-refractivity contribution in [1.82, 2.24) is 0 Å². The minimum Gasteiger partial charge on any atom is -0.478 e. The fraction of sp³-hybridized carbons (Fsp3) is 0. The van der Waals surface area contributed by atoms with E-state index in [-0.39, 0.29) is 22.4 Å². The lowest BCUT2D eigenvalue weighted by atomic mass is 10.1. The number of para-hydroxylation sites is 1. The maximum atomic E-state index is 12.2. The van der Waals surface area contributed by atoms with E-state index in [1.165, 1.54) is 30.3 Å². The molecule has 8 heteroatoms. The first-order valence-corrected chi connectivity index (χ1v) is 7.32. The number of carboxylic acid groups (broad SMARTS) is 1. The zero-order chi connectivity index (χ0) is 19.1. The lowest BCUT2D eigenvalue weighted by Crippen LogP contribution is -2.16. The third kappa shape index (κ3) is 4.46. The molecule has 5 N–H and O–H groups in total. The molecular weight excluding hydrogens is 336 g/mol. The molecule has 0 aromatic heterocycles. The SMILES string of the molecule is N#C/C(=C/Nc1ccccc1C(N)=O)C(=O)Nc1cccc(C(=O)O)c1. The van der Waals surface area contributed by atoms with Gasteiger partial charge in [0.25, 0.3) is 11.8 Å². The first kappa shape index (κ1) is 18.2. The number of carbonyl (C=O) groups is 3. The molecule has 2 rings (SSSR count). The summed E-state index contributed by atoms with van der Waals surface area (Å²) in [6, 6.07) is 13.7. The van der Waals surface area contributed by atoms with Crippen LogP contribution in [0.4, 0.5) is 11.4 Å². The summed E-state index contributed by atoms with van der Waals surface area (Å²) in [6.07, 6.45) is 1.14. The molecule has 0 spiro atoms. The maximum absolute atomic E-state index is 12.2. The summed E-state index contributed by atoms with van der Waals surface area (Å²) in [5.41, 5.74) is 5.76. The number of carboxylic acids is 1. The summed E-state index contributed by atoms with van der Waals surface area (Å²) in [5.74, 6) is -2.53. The molecule has 0 radical (unpaired) electrons. The van der Waals surface area contributed by atoms with Crippen molar-refractivity contribution in [2.24, 2.45) is 5.73 Å². The Kier molecular flexibility index (Phi) is 5.69. The quantitative estimate of drug-likeness (QED) is 0.463. The molecule has 0 bridgehead atoms. The molecule has 2 aromatic rings. The Morgan fingerprint density at radius 3 is 2.50 bits per heavy atom. The van der Waals surface area contributed by atoms with Crippen molar-refractivity contribution >= 4 is 29.2 Å². The Morgan fingerprint density at radius 1 is 1.12 bits per heavy atom. The number of nitrogens with zero attached hydrogens (tertiary/aromatic N) is 1. The van der Waals surface area contributed by atoms with Crippen LogP contribution in [0.2, 0.25) is 0 Å². The third-order valence-electron chi connectivity index (χ3n) is 3.30. The summed E-state index contributed by atoms with van der Waals surface area (Å²) in [6.45, 7) is 0. The highest BCUT2D eigenvalue weighted by atomic mass is 16.4. The number of anilines is 2. The molecule has 0 fully saturated rings. The number of hydrogen-bond acceptors (Lipinski definition) is 5. The Labute approximate surface area is 148 Å². The molecule has 0 aliphatic carbocycles. The van der Waals surface area contributed by atoms with Gasteiger partial charge >= 0.3 is 5.97 Å². The van der Waals surface area contributed by atoms with Crippen LogP contribution in [0.3, 0.4) is 0 Å². The van der Waals surface area contributed by atoms with Crippen LogP contribution in [-0.4, -0.2) is 22.9 Å². The Bertz CT molecular complexity index is 944. The molecule has 8 nitrogen and oxygen atoms in total. The van der Waals surface area contributed by atoms with Gasteiger partial charge in [-0.1, -0.05) is 18.2 Å². The molecule has 0 aliphatic heterocycles. The molecule has 0 heterocycles. The number of rotatable bonds is 6. The molecule has 0 atom stereocenters. The normalized spacial score (nSPS) is 10.5. The summed E-state index contributed by atoms with van der Waals surface area (Å²) in [4.78, 5) is 34.5. The number of nitrogens with one attached hydrogen (secondary N) is 2. The number of hydrogen-bond donors (Lipinski definition) is 4. The van der Waals surface area contributed by atoms with E-state index in [2.05, 4.69) is 10.6 Å². The molecule has 130 valence electrons. The van der Waals surface area contributed by atoms with E-state index in [1.807, 2.05) is 0 Å². The first-order chi connectivity index (χ1) is 12.4. The smallest absolute Gasteiger partial charge is 0.335 e. The highest BCUT2D eigenvalue weighted by molar-refractivity contribution is 6.07. The minimum absolute atomic E-state index is 0.00111. The van der Waals surface area contributed by atoms with E-state index in [0.29, 0.717) is 5.69 Å². The topological polar surface area (TPSA) is 145 Å². The predicted octanol–water partition coefficient (Wildman–Crippen LogP) is 1.94. The lowest BCUT2D eigenvalue weighted by Gasteiger charge is -2.08. The average molecular weight is 350 g/mol. The van der Waals surface area contributed by atoms with E-state index >= 15 is 0 Å². The third-order valence-corrected chi connectivity index (χ3v) is 3.30. The summed E-state index contributed by atoms with van der Waals surface area (Å²) in [7, 11) is 0. The molecule has 0 unspecified atom stereocenters. The molecule has 0 aliphatic rings. The van der Waals surface area contributed by atoms with Gasteiger partial charge in [-0.25, -0.2) is 4.79 Å². The van der Waals surface area contributed by atoms with Gasteiger partial charge in [0.05, 0.1) is 16.8 Å². The van der Waals surface area contributed by atoms with Crippen molar-refractivity contribution in [3.05, 3.63) is 71.4 Å². The maximum Gasteiger partial charge on any atom is 0.335 e. The van der Waals surface area contributed by atoms with Gasteiger partial charge in [0.15, 0.2) is 0 Å².